The summed E-state index contributed by atoms with van der Waals surface area (Å²) in [5.41, 5.74) is 0.865. The van der Waals surface area contributed by atoms with Crippen LogP contribution < -0.4 is 20.1 Å². The number of benzene rings is 1. The lowest BCUT2D eigenvalue weighted by Gasteiger charge is -2.06. The zero-order chi connectivity index (χ0) is 16.1. The minimum Gasteiger partial charge on any atom is -0.454 e. The zero-order valence-electron chi connectivity index (χ0n) is 12.2. The molecule has 0 aromatic heterocycles. The summed E-state index contributed by atoms with van der Waals surface area (Å²) in [5.74, 6) is 1.82. The maximum Gasteiger partial charge on any atom is 0.263 e. The number of hydrogen-bond donors (Lipinski definition) is 2. The second-order valence-electron chi connectivity index (χ2n) is 4.72. The van der Waals surface area contributed by atoms with Gasteiger partial charge >= 0.3 is 0 Å². The summed E-state index contributed by atoms with van der Waals surface area (Å²) >= 11 is 1.56. The largest absolute Gasteiger partial charge is 0.454 e. The quantitative estimate of drug-likeness (QED) is 0.635. The predicted molar refractivity (Wildman–Crippen MR) is 86.0 cm³/mol. The fraction of sp³-hybridized carbons (Fsp3) is 0.267. The summed E-state index contributed by atoms with van der Waals surface area (Å²) in [6.45, 7) is 1.25. The van der Waals surface area contributed by atoms with Crippen molar-refractivity contribution >= 4 is 22.8 Å². The summed E-state index contributed by atoms with van der Waals surface area (Å²) < 4.78 is 10.5. The van der Waals surface area contributed by atoms with E-state index in [1.807, 2.05) is 12.1 Å². The summed E-state index contributed by atoms with van der Waals surface area (Å²) in [6, 6.07) is 7.32. The molecule has 0 saturated carbocycles. The van der Waals surface area contributed by atoms with Gasteiger partial charge in [0.1, 0.15) is 11.6 Å². The van der Waals surface area contributed by atoms with Crippen LogP contribution in [0.15, 0.2) is 35.0 Å². The van der Waals surface area contributed by atoms with Gasteiger partial charge in [-0.2, -0.15) is 5.26 Å². The van der Waals surface area contributed by atoms with E-state index < -0.39 is 5.91 Å². The number of thioether (sulfide) groups is 1. The molecule has 1 aromatic carbocycles. The Bertz CT molecular complexity index is 724. The van der Waals surface area contributed by atoms with Gasteiger partial charge in [-0.1, -0.05) is 17.8 Å². The van der Waals surface area contributed by atoms with Crippen LogP contribution in [-0.2, 0) is 11.3 Å². The number of ether oxygens (including phenoxy) is 2. The van der Waals surface area contributed by atoms with Crippen LogP contribution >= 0.6 is 11.8 Å². The van der Waals surface area contributed by atoms with Crippen molar-refractivity contribution in [3.8, 4) is 17.6 Å². The van der Waals surface area contributed by atoms with Gasteiger partial charge in [-0.25, -0.2) is 0 Å². The molecule has 1 aromatic rings. The number of carbonyl (C=O) groups excluding carboxylic acids is 1. The van der Waals surface area contributed by atoms with Crippen LogP contribution in [0.5, 0.6) is 11.5 Å². The van der Waals surface area contributed by atoms with E-state index in [9.17, 15) is 4.79 Å². The molecule has 0 aliphatic carbocycles. The number of nitrogens with one attached hydrogen (secondary N) is 2. The lowest BCUT2D eigenvalue weighted by atomic mass is 10.2. The van der Waals surface area contributed by atoms with Crippen molar-refractivity contribution in [1.29, 1.82) is 5.26 Å². The van der Waals surface area contributed by atoms with Crippen LogP contribution in [0.3, 0.4) is 0 Å². The molecule has 0 spiro atoms. The van der Waals surface area contributed by atoms with Crippen LogP contribution in [0, 0.1) is 11.3 Å². The van der Waals surface area contributed by atoms with Crippen LogP contribution in [0.25, 0.3) is 0 Å². The Morgan fingerprint density at radius 3 is 3.09 bits per heavy atom. The molecule has 0 saturated heterocycles. The lowest BCUT2D eigenvalue weighted by molar-refractivity contribution is -0.117. The monoisotopic (exact) mass is 330 g/mol. The Kier molecular flexibility index (Phi) is 4.68. The van der Waals surface area contributed by atoms with Gasteiger partial charge in [0, 0.05) is 18.5 Å². The number of hydrogen-bond acceptors (Lipinski definition) is 7. The second-order valence-corrected chi connectivity index (χ2v) is 5.80. The first kappa shape index (κ1) is 15.2. The molecule has 0 atom stereocenters. The van der Waals surface area contributed by atoms with Gasteiger partial charge in [-0.15, -0.1) is 0 Å². The van der Waals surface area contributed by atoms with Crippen LogP contribution in [0.4, 0.5) is 0 Å². The van der Waals surface area contributed by atoms with E-state index in [-0.39, 0.29) is 12.4 Å². The molecule has 2 aliphatic rings. The molecule has 7 nitrogen and oxygen atoms in total. The second kappa shape index (κ2) is 7.07. The Hall–Kier alpha value is -2.66. The van der Waals surface area contributed by atoms with Crippen molar-refractivity contribution in [1.82, 2.24) is 10.6 Å². The van der Waals surface area contributed by atoms with E-state index in [2.05, 4.69) is 15.6 Å². The first-order valence-electron chi connectivity index (χ1n) is 6.97. The number of amides is 1. The highest BCUT2D eigenvalue weighted by Gasteiger charge is 2.14. The average molecular weight is 330 g/mol. The molecule has 23 heavy (non-hydrogen) atoms. The molecule has 2 N–H and O–H groups in total. The third kappa shape index (κ3) is 3.76. The summed E-state index contributed by atoms with van der Waals surface area (Å²) in [5, 5.41) is 15.4. The SMILES string of the molecule is N#C/C(=C/NC1=NCCS1)C(=O)NCc1ccc2c(c1)OCO2. The molecule has 0 fully saturated rings. The molecule has 0 bridgehead atoms. The zero-order valence-corrected chi connectivity index (χ0v) is 13.0. The average Bonchev–Trinajstić information content (AvgIpc) is 3.24. The van der Waals surface area contributed by atoms with Crippen LogP contribution in [-0.4, -0.2) is 30.2 Å². The number of nitriles is 1. The van der Waals surface area contributed by atoms with E-state index in [0.717, 1.165) is 23.0 Å². The third-order valence-corrected chi connectivity index (χ3v) is 4.09. The number of rotatable bonds is 4. The van der Waals surface area contributed by atoms with Crippen molar-refractivity contribution in [2.24, 2.45) is 4.99 Å². The van der Waals surface area contributed by atoms with E-state index >= 15 is 0 Å². The van der Waals surface area contributed by atoms with E-state index in [1.54, 1.807) is 23.9 Å². The molecule has 118 valence electrons. The lowest BCUT2D eigenvalue weighted by Crippen LogP contribution is -2.25. The number of fused-ring (bicyclic) bond motifs is 1. The Balaban J connectivity index is 1.57. The van der Waals surface area contributed by atoms with Gasteiger partial charge < -0.3 is 20.1 Å². The number of aliphatic imine (C=N–C) groups is 1. The highest BCUT2D eigenvalue weighted by Crippen LogP contribution is 2.32. The third-order valence-electron chi connectivity index (χ3n) is 3.18. The maximum absolute atomic E-state index is 12.0. The van der Waals surface area contributed by atoms with Crippen molar-refractivity contribution in [2.45, 2.75) is 6.54 Å². The molecule has 0 unspecified atom stereocenters. The fourth-order valence-electron chi connectivity index (χ4n) is 2.03. The van der Waals surface area contributed by atoms with Gasteiger partial charge in [0.25, 0.3) is 5.91 Å². The molecule has 2 heterocycles. The molecule has 1 amide bonds. The number of nitrogens with zero attached hydrogens (tertiary/aromatic N) is 2. The molecule has 3 rings (SSSR count). The Labute approximate surface area is 137 Å². The smallest absolute Gasteiger partial charge is 0.263 e. The molecule has 8 heteroatoms. The minimum atomic E-state index is -0.443. The van der Waals surface area contributed by atoms with Gasteiger partial charge in [0.2, 0.25) is 6.79 Å². The number of carbonyl (C=O) groups is 1. The molecule has 0 radical (unpaired) electrons. The summed E-state index contributed by atoms with van der Waals surface area (Å²) in [4.78, 5) is 16.2. The highest BCUT2D eigenvalue weighted by atomic mass is 32.2. The van der Waals surface area contributed by atoms with Gasteiger partial charge in [-0.05, 0) is 17.7 Å². The number of amidine groups is 1. The van der Waals surface area contributed by atoms with E-state index in [1.165, 1.54) is 6.20 Å². The Morgan fingerprint density at radius 1 is 1.43 bits per heavy atom. The Morgan fingerprint density at radius 2 is 2.30 bits per heavy atom. The van der Waals surface area contributed by atoms with Gasteiger partial charge in [0.15, 0.2) is 16.7 Å². The topological polar surface area (TPSA) is 95.7 Å². The van der Waals surface area contributed by atoms with Crippen molar-refractivity contribution in [3.05, 3.63) is 35.5 Å². The normalized spacial score (nSPS) is 15.8. The minimum absolute atomic E-state index is 0.000873. The van der Waals surface area contributed by atoms with Crippen molar-refractivity contribution in [3.63, 3.8) is 0 Å². The molecule has 2 aliphatic heterocycles. The predicted octanol–water partition coefficient (Wildman–Crippen LogP) is 1.13. The summed E-state index contributed by atoms with van der Waals surface area (Å²) in [6.07, 6.45) is 1.38. The van der Waals surface area contributed by atoms with E-state index in [0.29, 0.717) is 18.0 Å². The summed E-state index contributed by atoms with van der Waals surface area (Å²) in [7, 11) is 0. The standard InChI is InChI=1S/C15H14N4O3S/c16-6-11(8-19-15-17-3-4-23-15)14(20)18-7-10-1-2-12-13(5-10)22-9-21-12/h1-2,5,8H,3-4,7,9H2,(H,17,19)(H,18,20)/b11-8-. The van der Waals surface area contributed by atoms with Crippen LogP contribution in [0.2, 0.25) is 0 Å². The van der Waals surface area contributed by atoms with Crippen LogP contribution in [0.1, 0.15) is 5.56 Å². The van der Waals surface area contributed by atoms with Crippen molar-refractivity contribution in [2.75, 3.05) is 19.1 Å². The van der Waals surface area contributed by atoms with Gasteiger partial charge in [-0.3, -0.25) is 9.79 Å². The first-order valence-corrected chi connectivity index (χ1v) is 7.95. The molecular weight excluding hydrogens is 316 g/mol. The van der Waals surface area contributed by atoms with Crippen molar-refractivity contribution < 1.29 is 14.3 Å². The van der Waals surface area contributed by atoms with Gasteiger partial charge in [0.05, 0.1) is 6.54 Å². The first-order chi connectivity index (χ1) is 11.3. The van der Waals surface area contributed by atoms with E-state index in [4.69, 9.17) is 14.7 Å². The maximum atomic E-state index is 12.0. The fourth-order valence-corrected chi connectivity index (χ4v) is 2.73. The highest BCUT2D eigenvalue weighted by molar-refractivity contribution is 8.14. The molecular formula is C15H14N4O3S.